The first-order valence-electron chi connectivity index (χ1n) is 6.31. The molecule has 0 spiro atoms. The second kappa shape index (κ2) is 7.84. The van der Waals surface area contributed by atoms with E-state index in [0.29, 0.717) is 32.1 Å². The molecule has 3 nitrogen and oxygen atoms in total. The quantitative estimate of drug-likeness (QED) is 0.774. The smallest absolute Gasteiger partial charge is 0.251 e. The Morgan fingerprint density at radius 1 is 1.26 bits per heavy atom. The van der Waals surface area contributed by atoms with Gasteiger partial charge in [-0.25, -0.2) is 8.78 Å². The molecule has 0 heterocycles. The number of amides is 1. The Kier molecular flexibility index (Phi) is 6.42. The van der Waals surface area contributed by atoms with Gasteiger partial charge in [-0.15, -0.1) is 0 Å². The maximum absolute atomic E-state index is 12.9. The summed E-state index contributed by atoms with van der Waals surface area (Å²) >= 11 is 0. The van der Waals surface area contributed by atoms with E-state index >= 15 is 0 Å². The Bertz CT molecular complexity index is 402. The van der Waals surface area contributed by atoms with Gasteiger partial charge in [0.2, 0.25) is 0 Å². The van der Waals surface area contributed by atoms with Crippen LogP contribution in [0, 0.1) is 17.6 Å². The lowest BCUT2D eigenvalue weighted by molar-refractivity contribution is 0.0924. The van der Waals surface area contributed by atoms with E-state index < -0.39 is 17.5 Å². The molecule has 0 fully saturated rings. The summed E-state index contributed by atoms with van der Waals surface area (Å²) < 4.78 is 31.2. The van der Waals surface area contributed by atoms with E-state index in [0.717, 1.165) is 18.2 Å². The van der Waals surface area contributed by atoms with Crippen molar-refractivity contribution >= 4 is 5.91 Å². The molecule has 1 N–H and O–H groups in total. The first kappa shape index (κ1) is 15.6. The zero-order valence-corrected chi connectivity index (χ0v) is 11.2. The molecule has 5 heteroatoms. The molecule has 0 aliphatic carbocycles. The van der Waals surface area contributed by atoms with Crippen LogP contribution in [-0.2, 0) is 4.74 Å². The summed E-state index contributed by atoms with van der Waals surface area (Å²) in [4.78, 5) is 11.6. The van der Waals surface area contributed by atoms with Crippen molar-refractivity contribution in [2.45, 2.75) is 20.3 Å². The second-order valence-corrected chi connectivity index (χ2v) is 4.74. The minimum atomic E-state index is -0.759. The SMILES string of the molecule is CC(C)COCCCNC(=O)c1cc(F)cc(F)c1. The van der Waals surface area contributed by atoms with Crippen molar-refractivity contribution < 1.29 is 18.3 Å². The normalized spacial score (nSPS) is 10.8. The van der Waals surface area contributed by atoms with Crippen molar-refractivity contribution in [1.82, 2.24) is 5.32 Å². The minimum Gasteiger partial charge on any atom is -0.381 e. The van der Waals surface area contributed by atoms with Gasteiger partial charge in [0.25, 0.3) is 5.91 Å². The number of halogens is 2. The largest absolute Gasteiger partial charge is 0.381 e. The molecular weight excluding hydrogens is 252 g/mol. The van der Waals surface area contributed by atoms with Crippen LogP contribution in [-0.4, -0.2) is 25.7 Å². The van der Waals surface area contributed by atoms with E-state index in [1.165, 1.54) is 0 Å². The second-order valence-electron chi connectivity index (χ2n) is 4.74. The van der Waals surface area contributed by atoms with Crippen molar-refractivity contribution in [3.05, 3.63) is 35.4 Å². The summed E-state index contributed by atoms with van der Waals surface area (Å²) in [5, 5.41) is 2.59. The van der Waals surface area contributed by atoms with E-state index in [-0.39, 0.29) is 5.56 Å². The lowest BCUT2D eigenvalue weighted by Gasteiger charge is -2.08. The van der Waals surface area contributed by atoms with E-state index in [1.807, 2.05) is 0 Å². The van der Waals surface area contributed by atoms with Crippen LogP contribution >= 0.6 is 0 Å². The summed E-state index contributed by atoms with van der Waals surface area (Å²) in [7, 11) is 0. The van der Waals surface area contributed by atoms with Crippen LogP contribution in [0.25, 0.3) is 0 Å². The zero-order chi connectivity index (χ0) is 14.3. The third-order valence-electron chi connectivity index (χ3n) is 2.33. The molecule has 1 amide bonds. The maximum atomic E-state index is 12.9. The van der Waals surface area contributed by atoms with E-state index in [9.17, 15) is 13.6 Å². The Morgan fingerprint density at radius 2 is 1.89 bits per heavy atom. The van der Waals surface area contributed by atoms with Gasteiger partial charge < -0.3 is 10.1 Å². The molecule has 1 aromatic carbocycles. The van der Waals surface area contributed by atoms with Crippen molar-refractivity contribution in [3.8, 4) is 0 Å². The third kappa shape index (κ3) is 6.29. The molecular formula is C14H19F2NO2. The molecule has 0 bridgehead atoms. The Labute approximate surface area is 112 Å². The molecule has 106 valence electrons. The Balaban J connectivity index is 2.27. The van der Waals surface area contributed by atoms with Gasteiger partial charge in [-0.2, -0.15) is 0 Å². The van der Waals surface area contributed by atoms with Crippen LogP contribution in [0.1, 0.15) is 30.6 Å². The fourth-order valence-electron chi connectivity index (χ4n) is 1.48. The fraction of sp³-hybridized carbons (Fsp3) is 0.500. The van der Waals surface area contributed by atoms with E-state index in [1.54, 1.807) is 0 Å². The topological polar surface area (TPSA) is 38.3 Å². The van der Waals surface area contributed by atoms with Crippen LogP contribution in [0.5, 0.6) is 0 Å². The molecule has 1 aromatic rings. The number of rotatable bonds is 7. The van der Waals surface area contributed by atoms with Gasteiger partial charge in [0.1, 0.15) is 11.6 Å². The summed E-state index contributed by atoms with van der Waals surface area (Å²) in [5.41, 5.74) is -0.0133. The van der Waals surface area contributed by atoms with Gasteiger partial charge in [0.05, 0.1) is 0 Å². The van der Waals surface area contributed by atoms with Gasteiger partial charge in [-0.3, -0.25) is 4.79 Å². The van der Waals surface area contributed by atoms with Crippen LogP contribution in [0.15, 0.2) is 18.2 Å². The lowest BCUT2D eigenvalue weighted by Crippen LogP contribution is -2.25. The Hall–Kier alpha value is -1.49. The number of ether oxygens (including phenoxy) is 1. The lowest BCUT2D eigenvalue weighted by atomic mass is 10.2. The fourth-order valence-corrected chi connectivity index (χ4v) is 1.48. The van der Waals surface area contributed by atoms with Crippen LogP contribution in [0.2, 0.25) is 0 Å². The highest BCUT2D eigenvalue weighted by molar-refractivity contribution is 5.94. The molecule has 0 aromatic heterocycles. The highest BCUT2D eigenvalue weighted by Gasteiger charge is 2.08. The summed E-state index contributed by atoms with van der Waals surface area (Å²) in [6, 6.07) is 2.75. The number of nitrogens with one attached hydrogen (secondary N) is 1. The predicted molar refractivity (Wildman–Crippen MR) is 69.0 cm³/mol. The number of hydrogen-bond acceptors (Lipinski definition) is 2. The van der Waals surface area contributed by atoms with Gasteiger partial charge >= 0.3 is 0 Å². The van der Waals surface area contributed by atoms with Crippen LogP contribution in [0.4, 0.5) is 8.78 Å². The van der Waals surface area contributed by atoms with Crippen LogP contribution in [0.3, 0.4) is 0 Å². The van der Waals surface area contributed by atoms with Crippen molar-refractivity contribution in [2.75, 3.05) is 19.8 Å². The molecule has 19 heavy (non-hydrogen) atoms. The molecule has 0 unspecified atom stereocenters. The molecule has 0 saturated carbocycles. The maximum Gasteiger partial charge on any atom is 0.251 e. The average molecular weight is 271 g/mol. The summed E-state index contributed by atoms with van der Waals surface area (Å²) in [5.74, 6) is -1.53. The van der Waals surface area contributed by atoms with E-state index in [4.69, 9.17) is 4.74 Å². The minimum absolute atomic E-state index is 0.0133. The zero-order valence-electron chi connectivity index (χ0n) is 11.2. The van der Waals surface area contributed by atoms with Crippen molar-refractivity contribution in [2.24, 2.45) is 5.92 Å². The number of benzene rings is 1. The van der Waals surface area contributed by atoms with E-state index in [2.05, 4.69) is 19.2 Å². The molecule has 0 radical (unpaired) electrons. The molecule has 1 rings (SSSR count). The highest BCUT2D eigenvalue weighted by Crippen LogP contribution is 2.07. The summed E-state index contributed by atoms with van der Waals surface area (Å²) in [6.45, 7) is 5.76. The Morgan fingerprint density at radius 3 is 2.47 bits per heavy atom. The third-order valence-corrected chi connectivity index (χ3v) is 2.33. The number of hydrogen-bond donors (Lipinski definition) is 1. The van der Waals surface area contributed by atoms with Gasteiger partial charge in [0, 0.05) is 31.4 Å². The monoisotopic (exact) mass is 271 g/mol. The molecule has 0 aliphatic heterocycles. The predicted octanol–water partition coefficient (Wildman–Crippen LogP) is 2.76. The molecule has 0 saturated heterocycles. The molecule has 0 aliphatic rings. The highest BCUT2D eigenvalue weighted by atomic mass is 19.1. The van der Waals surface area contributed by atoms with Gasteiger partial charge in [0.15, 0.2) is 0 Å². The first-order valence-corrected chi connectivity index (χ1v) is 6.31. The number of carbonyl (C=O) groups is 1. The van der Waals surface area contributed by atoms with Gasteiger partial charge in [-0.05, 0) is 24.5 Å². The summed E-state index contributed by atoms with van der Waals surface area (Å²) in [6.07, 6.45) is 0.663. The first-order chi connectivity index (χ1) is 8.99. The van der Waals surface area contributed by atoms with Gasteiger partial charge in [-0.1, -0.05) is 13.8 Å². The van der Waals surface area contributed by atoms with Crippen LogP contribution < -0.4 is 5.32 Å². The average Bonchev–Trinajstić information content (AvgIpc) is 2.31. The van der Waals surface area contributed by atoms with Crippen molar-refractivity contribution in [3.63, 3.8) is 0 Å². The molecule has 0 atom stereocenters. The standard InChI is InChI=1S/C14H19F2NO2/c1-10(2)9-19-5-3-4-17-14(18)11-6-12(15)8-13(16)7-11/h6-8,10H,3-5,9H2,1-2H3,(H,17,18). The number of carbonyl (C=O) groups excluding carboxylic acids is 1. The van der Waals surface area contributed by atoms with Crippen molar-refractivity contribution in [1.29, 1.82) is 0 Å².